The van der Waals surface area contributed by atoms with E-state index >= 15 is 4.39 Å². The van der Waals surface area contributed by atoms with Crippen molar-refractivity contribution in [1.29, 1.82) is 0 Å². The molecule has 13 nitrogen and oxygen atoms in total. The Morgan fingerprint density at radius 2 is 2.04 bits per heavy atom. The Balaban J connectivity index is 1.48. The first kappa shape index (κ1) is 36.3. The van der Waals surface area contributed by atoms with Crippen molar-refractivity contribution in [3.63, 3.8) is 0 Å². The molecule has 1 aliphatic heterocycles. The van der Waals surface area contributed by atoms with Crippen molar-refractivity contribution >= 4 is 30.3 Å². The molecule has 1 aromatic rings. The zero-order valence-electron chi connectivity index (χ0n) is 26.9. The number of carbonyl (C=O) groups excluding carboxylic acids is 3. The number of rotatable bonds is 18. The van der Waals surface area contributed by atoms with Gasteiger partial charge in [0.15, 0.2) is 6.10 Å². The molecule has 0 aromatic carbocycles. The van der Waals surface area contributed by atoms with Gasteiger partial charge < -0.3 is 19.0 Å². The molecule has 252 valence electrons. The maximum atomic E-state index is 15.3. The standard InChI is InChI=1S/C32H45FN6O7/c1-4-7-25(18-34-19-27-10-11-29(46-36-27)22-44-32(42)13-12-31(41)43-5-2)24-8-6-9-28(17-26(33)16-24)38(3)20-30(45-23-40)21-39-15-14-35-37-39/h7-8,14-15,17-18,23,28-30H,4-6,9-13,16,19-22H2,1-3H3/b24-8+,25-7+,26-17+,34-18?. The molecule has 0 bridgehead atoms. The molecule has 14 heteroatoms. The Bertz CT molecular complexity index is 1280. The molecular formula is C32H45FN6O7. The highest BCUT2D eigenvalue weighted by atomic mass is 19.1. The Morgan fingerprint density at radius 1 is 1.24 bits per heavy atom. The minimum absolute atomic E-state index is 0.0172. The summed E-state index contributed by atoms with van der Waals surface area (Å²) in [5.74, 6) is -1.15. The van der Waals surface area contributed by atoms with Crippen LogP contribution in [0.2, 0.25) is 0 Å². The number of halogens is 1. The summed E-state index contributed by atoms with van der Waals surface area (Å²) in [7, 11) is 1.89. The van der Waals surface area contributed by atoms with Crippen LogP contribution in [0.3, 0.4) is 0 Å². The minimum Gasteiger partial charge on any atom is -0.466 e. The fourth-order valence-electron chi connectivity index (χ4n) is 5.05. The quantitative estimate of drug-likeness (QED) is 0.0997. The SMILES string of the molecule is CC/C=C(C=NCC1=NOC(COC(=O)CCC(=O)OCC)CC1)/C1=C/CCC(N(C)CC(Cn2ccnn2)OC=O)/C=C(/F)C1. The summed E-state index contributed by atoms with van der Waals surface area (Å²) in [6.45, 7) is 5.58. The molecule has 3 rings (SSSR count). The number of aliphatic imine (C=N–C) groups is 1. The molecule has 0 amide bonds. The Morgan fingerprint density at radius 3 is 2.72 bits per heavy atom. The van der Waals surface area contributed by atoms with E-state index in [-0.39, 0.29) is 50.4 Å². The van der Waals surface area contributed by atoms with E-state index in [0.29, 0.717) is 45.4 Å². The van der Waals surface area contributed by atoms with E-state index in [1.54, 1.807) is 36.3 Å². The van der Waals surface area contributed by atoms with Gasteiger partial charge in [-0.1, -0.05) is 29.4 Å². The van der Waals surface area contributed by atoms with Crippen LogP contribution in [0.15, 0.2) is 57.7 Å². The lowest BCUT2D eigenvalue weighted by Crippen LogP contribution is -2.39. The number of oxime groups is 1. The van der Waals surface area contributed by atoms with Crippen LogP contribution in [0.1, 0.15) is 65.2 Å². The summed E-state index contributed by atoms with van der Waals surface area (Å²) in [5, 5.41) is 11.9. The van der Waals surface area contributed by atoms with Gasteiger partial charge in [-0.2, -0.15) is 0 Å². The third-order valence-corrected chi connectivity index (χ3v) is 7.41. The fourth-order valence-corrected chi connectivity index (χ4v) is 5.05. The predicted molar refractivity (Wildman–Crippen MR) is 169 cm³/mol. The Kier molecular flexibility index (Phi) is 15.8. The minimum atomic E-state index is -0.485. The first-order chi connectivity index (χ1) is 22.3. The van der Waals surface area contributed by atoms with E-state index in [2.05, 4.69) is 26.5 Å². The van der Waals surface area contributed by atoms with Gasteiger partial charge in [0.05, 0.1) is 44.4 Å². The highest BCUT2D eigenvalue weighted by Gasteiger charge is 2.22. The predicted octanol–water partition coefficient (Wildman–Crippen LogP) is 3.91. The van der Waals surface area contributed by atoms with Crippen LogP contribution in [0.25, 0.3) is 0 Å². The summed E-state index contributed by atoms with van der Waals surface area (Å²) in [6.07, 6.45) is 13.5. The van der Waals surface area contributed by atoms with Gasteiger partial charge in [-0.15, -0.1) is 5.10 Å². The molecule has 0 N–H and O–H groups in total. The molecule has 0 saturated carbocycles. The van der Waals surface area contributed by atoms with Gasteiger partial charge in [0.1, 0.15) is 18.5 Å². The summed E-state index contributed by atoms with van der Waals surface area (Å²) in [6, 6.07) is -0.167. The largest absolute Gasteiger partial charge is 0.466 e. The summed E-state index contributed by atoms with van der Waals surface area (Å²) in [5.41, 5.74) is 2.51. The van der Waals surface area contributed by atoms with E-state index in [9.17, 15) is 14.4 Å². The summed E-state index contributed by atoms with van der Waals surface area (Å²) < 4.78 is 32.1. The Hall–Kier alpha value is -4.20. The van der Waals surface area contributed by atoms with Crippen LogP contribution in [0.5, 0.6) is 0 Å². The van der Waals surface area contributed by atoms with E-state index in [0.717, 1.165) is 29.7 Å². The highest BCUT2D eigenvalue weighted by molar-refractivity contribution is 5.90. The number of nitrogens with zero attached hydrogens (tertiary/aromatic N) is 6. The lowest BCUT2D eigenvalue weighted by molar-refractivity contribution is -0.152. The molecular weight excluding hydrogens is 599 g/mol. The third-order valence-electron chi connectivity index (χ3n) is 7.41. The van der Waals surface area contributed by atoms with Gasteiger partial charge in [-0.05, 0) is 63.3 Å². The topological polar surface area (TPSA) is 147 Å². The van der Waals surface area contributed by atoms with Crippen LogP contribution in [0.4, 0.5) is 4.39 Å². The van der Waals surface area contributed by atoms with Gasteiger partial charge >= 0.3 is 11.9 Å². The number of hydrogen-bond acceptors (Lipinski definition) is 12. The average Bonchev–Trinajstić information content (AvgIpc) is 3.54. The smallest absolute Gasteiger partial charge is 0.306 e. The van der Waals surface area contributed by atoms with Crippen molar-refractivity contribution < 1.29 is 37.8 Å². The van der Waals surface area contributed by atoms with Crippen molar-refractivity contribution in [3.05, 3.63) is 47.6 Å². The van der Waals surface area contributed by atoms with Gasteiger partial charge in [0.2, 0.25) is 0 Å². The molecule has 0 spiro atoms. The maximum absolute atomic E-state index is 15.3. The van der Waals surface area contributed by atoms with Crippen LogP contribution < -0.4 is 0 Å². The van der Waals surface area contributed by atoms with Crippen LogP contribution >= 0.6 is 0 Å². The molecule has 1 aliphatic carbocycles. The molecule has 2 aliphatic rings. The second kappa shape index (κ2) is 20.0. The third kappa shape index (κ3) is 13.0. The van der Waals surface area contributed by atoms with Gasteiger partial charge in [0, 0.05) is 31.4 Å². The lowest BCUT2D eigenvalue weighted by Gasteiger charge is -2.29. The number of carbonyl (C=O) groups is 3. The summed E-state index contributed by atoms with van der Waals surface area (Å²) >= 11 is 0. The zero-order valence-corrected chi connectivity index (χ0v) is 26.9. The van der Waals surface area contributed by atoms with E-state index in [1.165, 1.54) is 0 Å². The van der Waals surface area contributed by atoms with Crippen molar-refractivity contribution in [2.45, 2.75) is 90.0 Å². The second-order valence-corrected chi connectivity index (χ2v) is 11.0. The molecule has 0 saturated heterocycles. The number of ether oxygens (including phenoxy) is 3. The number of esters is 2. The molecule has 3 atom stereocenters. The van der Waals surface area contributed by atoms with E-state index in [4.69, 9.17) is 19.0 Å². The normalized spacial score (nSPS) is 21.9. The van der Waals surface area contributed by atoms with E-state index < -0.39 is 18.0 Å². The van der Waals surface area contributed by atoms with Crippen molar-refractivity contribution in [2.75, 3.05) is 33.4 Å². The van der Waals surface area contributed by atoms with E-state index in [1.807, 2.05) is 24.9 Å². The first-order valence-corrected chi connectivity index (χ1v) is 15.7. The Labute approximate surface area is 269 Å². The summed E-state index contributed by atoms with van der Waals surface area (Å²) in [4.78, 5) is 46.3. The van der Waals surface area contributed by atoms with Crippen molar-refractivity contribution in [2.24, 2.45) is 10.1 Å². The van der Waals surface area contributed by atoms with Crippen LogP contribution in [0, 0.1) is 0 Å². The average molecular weight is 645 g/mol. The second-order valence-electron chi connectivity index (χ2n) is 11.0. The van der Waals surface area contributed by atoms with Gasteiger partial charge in [0.25, 0.3) is 6.47 Å². The monoisotopic (exact) mass is 644 g/mol. The molecule has 2 heterocycles. The van der Waals surface area contributed by atoms with Crippen molar-refractivity contribution in [3.8, 4) is 0 Å². The number of hydrogen-bond donors (Lipinski definition) is 0. The number of aromatic nitrogens is 3. The lowest BCUT2D eigenvalue weighted by atomic mass is 9.95. The van der Waals surface area contributed by atoms with Gasteiger partial charge in [-0.25, -0.2) is 9.07 Å². The molecule has 0 fully saturated rings. The number of allylic oxidation sites excluding steroid dienone is 5. The van der Waals surface area contributed by atoms with Crippen molar-refractivity contribution in [1.82, 2.24) is 19.9 Å². The molecule has 3 unspecified atom stereocenters. The molecule has 1 aromatic heterocycles. The first-order valence-electron chi connectivity index (χ1n) is 15.7. The zero-order chi connectivity index (χ0) is 33.1. The maximum Gasteiger partial charge on any atom is 0.306 e. The number of likely N-dealkylation sites (N-methyl/N-ethyl adjacent to an activating group) is 1. The van der Waals surface area contributed by atoms with Crippen LogP contribution in [-0.2, 0) is 40.0 Å². The van der Waals surface area contributed by atoms with Crippen LogP contribution in [-0.4, -0.2) is 102 Å². The molecule has 0 radical (unpaired) electrons. The highest BCUT2D eigenvalue weighted by Crippen LogP contribution is 2.26. The van der Waals surface area contributed by atoms with Gasteiger partial charge in [-0.3, -0.25) is 24.3 Å². The fraction of sp³-hybridized carbons (Fsp3) is 0.594. The molecule has 46 heavy (non-hydrogen) atoms.